The lowest BCUT2D eigenvalue weighted by Crippen LogP contribution is -2.47. The molecular weight excluding hydrogens is 300 g/mol. The molecule has 1 amide bonds. The molecule has 3 rings (SSSR count). The fourth-order valence-electron chi connectivity index (χ4n) is 4.28. The molecule has 2 aliphatic rings. The molecule has 4 nitrogen and oxygen atoms in total. The van der Waals surface area contributed by atoms with E-state index < -0.39 is 0 Å². The summed E-state index contributed by atoms with van der Waals surface area (Å²) in [5, 5.41) is 0. The van der Waals surface area contributed by atoms with Crippen molar-refractivity contribution in [1.82, 2.24) is 9.80 Å². The lowest BCUT2D eigenvalue weighted by molar-refractivity contribution is 0.0554. The Bertz CT molecular complexity index is 535. The van der Waals surface area contributed by atoms with Gasteiger partial charge in [0.05, 0.1) is 6.61 Å². The largest absolute Gasteiger partial charge is 0.380 e. The average Bonchev–Trinajstić information content (AvgIpc) is 2.63. The number of carbonyl (C=O) groups is 1. The van der Waals surface area contributed by atoms with Gasteiger partial charge in [0.1, 0.15) is 0 Å². The highest BCUT2D eigenvalue weighted by Crippen LogP contribution is 2.30. The van der Waals surface area contributed by atoms with E-state index in [-0.39, 0.29) is 5.91 Å². The second kappa shape index (κ2) is 8.13. The number of ether oxygens (including phenoxy) is 1. The van der Waals surface area contributed by atoms with Crippen molar-refractivity contribution in [1.29, 1.82) is 0 Å². The van der Waals surface area contributed by atoms with Crippen LogP contribution >= 0.6 is 0 Å². The number of rotatable bonds is 4. The smallest absolute Gasteiger partial charge is 0.253 e. The predicted molar refractivity (Wildman–Crippen MR) is 96.1 cm³/mol. The summed E-state index contributed by atoms with van der Waals surface area (Å²) in [6.45, 7) is 3.62. The Kier molecular flexibility index (Phi) is 5.90. The van der Waals surface area contributed by atoms with Crippen LogP contribution in [-0.2, 0) is 11.3 Å². The first-order chi connectivity index (χ1) is 11.7. The molecule has 0 N–H and O–H groups in total. The summed E-state index contributed by atoms with van der Waals surface area (Å²) in [5.41, 5.74) is 1.90. The Hall–Kier alpha value is -1.39. The Morgan fingerprint density at radius 3 is 2.42 bits per heavy atom. The van der Waals surface area contributed by atoms with Gasteiger partial charge >= 0.3 is 0 Å². The monoisotopic (exact) mass is 330 g/mol. The summed E-state index contributed by atoms with van der Waals surface area (Å²) >= 11 is 0. The van der Waals surface area contributed by atoms with E-state index in [0.717, 1.165) is 49.0 Å². The van der Waals surface area contributed by atoms with Crippen LogP contribution in [0.15, 0.2) is 24.3 Å². The fourth-order valence-corrected chi connectivity index (χ4v) is 4.28. The van der Waals surface area contributed by atoms with Crippen LogP contribution in [0.1, 0.15) is 48.0 Å². The molecule has 2 aliphatic heterocycles. The van der Waals surface area contributed by atoms with Gasteiger partial charge in [0, 0.05) is 31.8 Å². The van der Waals surface area contributed by atoms with E-state index in [1.807, 2.05) is 29.2 Å². The summed E-state index contributed by atoms with van der Waals surface area (Å²) in [6.07, 6.45) is 6.31. The summed E-state index contributed by atoms with van der Waals surface area (Å²) in [5.74, 6) is 0.929. The highest BCUT2D eigenvalue weighted by molar-refractivity contribution is 5.94. The molecular formula is C20H30N2O2. The third kappa shape index (κ3) is 3.98. The molecule has 0 aromatic heterocycles. The number of benzene rings is 1. The first kappa shape index (κ1) is 17.4. The van der Waals surface area contributed by atoms with Gasteiger partial charge in [-0.25, -0.2) is 0 Å². The lowest BCUT2D eigenvalue weighted by Gasteiger charge is -2.42. The summed E-state index contributed by atoms with van der Waals surface area (Å²) in [7, 11) is 3.95. The van der Waals surface area contributed by atoms with Crippen molar-refractivity contribution in [3.63, 3.8) is 0 Å². The number of piperidine rings is 2. The van der Waals surface area contributed by atoms with E-state index in [2.05, 4.69) is 11.9 Å². The van der Waals surface area contributed by atoms with Gasteiger partial charge in [-0.05, 0) is 62.9 Å². The SMILES string of the molecule is COCc1ccc(C(=O)N2CCC(C3CCCCN3C)CC2)cc1. The summed E-state index contributed by atoms with van der Waals surface area (Å²) in [4.78, 5) is 17.3. The van der Waals surface area contributed by atoms with Crippen LogP contribution in [0.25, 0.3) is 0 Å². The summed E-state index contributed by atoms with van der Waals surface area (Å²) in [6, 6.07) is 8.56. The van der Waals surface area contributed by atoms with Crippen LogP contribution in [0.4, 0.5) is 0 Å². The Balaban J connectivity index is 1.54. The number of methoxy groups -OCH3 is 1. The number of hydrogen-bond acceptors (Lipinski definition) is 3. The Morgan fingerprint density at radius 2 is 1.79 bits per heavy atom. The van der Waals surface area contributed by atoms with Crippen molar-refractivity contribution < 1.29 is 9.53 Å². The highest BCUT2D eigenvalue weighted by Gasteiger charge is 2.31. The van der Waals surface area contributed by atoms with Crippen molar-refractivity contribution >= 4 is 5.91 Å². The van der Waals surface area contributed by atoms with Gasteiger partial charge in [0.15, 0.2) is 0 Å². The zero-order chi connectivity index (χ0) is 16.9. The maximum atomic E-state index is 12.7. The molecule has 0 bridgehead atoms. The molecule has 4 heteroatoms. The molecule has 1 aromatic carbocycles. The summed E-state index contributed by atoms with van der Waals surface area (Å²) < 4.78 is 5.12. The standard InChI is InChI=1S/C20H30N2O2/c1-21-12-4-3-5-19(21)17-10-13-22(14-11-17)20(23)18-8-6-16(7-9-18)15-24-2/h6-9,17,19H,3-5,10-15H2,1-2H3. The Morgan fingerprint density at radius 1 is 1.08 bits per heavy atom. The normalized spacial score (nSPS) is 23.4. The Labute approximate surface area is 145 Å². The number of amides is 1. The van der Waals surface area contributed by atoms with Crippen molar-refractivity contribution in [2.75, 3.05) is 33.8 Å². The molecule has 0 radical (unpaired) electrons. The highest BCUT2D eigenvalue weighted by atomic mass is 16.5. The molecule has 0 saturated carbocycles. The van der Waals surface area contributed by atoms with Gasteiger partial charge in [0.25, 0.3) is 5.91 Å². The molecule has 0 spiro atoms. The molecule has 2 heterocycles. The van der Waals surface area contributed by atoms with Crippen LogP contribution < -0.4 is 0 Å². The van der Waals surface area contributed by atoms with Crippen LogP contribution in [0.5, 0.6) is 0 Å². The van der Waals surface area contributed by atoms with Gasteiger partial charge in [-0.1, -0.05) is 18.6 Å². The van der Waals surface area contributed by atoms with Gasteiger partial charge in [-0.2, -0.15) is 0 Å². The fraction of sp³-hybridized carbons (Fsp3) is 0.650. The van der Waals surface area contributed by atoms with Gasteiger partial charge < -0.3 is 14.5 Å². The first-order valence-corrected chi connectivity index (χ1v) is 9.26. The molecule has 2 fully saturated rings. The topological polar surface area (TPSA) is 32.8 Å². The van der Waals surface area contributed by atoms with E-state index in [1.54, 1.807) is 7.11 Å². The predicted octanol–water partition coefficient (Wildman–Crippen LogP) is 3.17. The lowest BCUT2D eigenvalue weighted by atomic mass is 9.84. The van der Waals surface area contributed by atoms with Crippen molar-refractivity contribution in [3.05, 3.63) is 35.4 Å². The molecule has 1 atom stereocenters. The zero-order valence-corrected chi connectivity index (χ0v) is 15.0. The molecule has 1 unspecified atom stereocenters. The number of carbonyl (C=O) groups excluding carboxylic acids is 1. The van der Waals surface area contributed by atoms with Crippen LogP contribution in [0, 0.1) is 5.92 Å². The van der Waals surface area contributed by atoms with E-state index in [9.17, 15) is 4.79 Å². The molecule has 2 saturated heterocycles. The first-order valence-electron chi connectivity index (χ1n) is 9.26. The van der Waals surface area contributed by atoms with E-state index in [1.165, 1.54) is 25.8 Å². The molecule has 24 heavy (non-hydrogen) atoms. The second-order valence-electron chi connectivity index (χ2n) is 7.30. The molecule has 1 aromatic rings. The van der Waals surface area contributed by atoms with Crippen LogP contribution in [-0.4, -0.2) is 55.5 Å². The van der Waals surface area contributed by atoms with Gasteiger partial charge in [-0.3, -0.25) is 4.79 Å². The van der Waals surface area contributed by atoms with Crippen molar-refractivity contribution in [3.8, 4) is 0 Å². The van der Waals surface area contributed by atoms with E-state index >= 15 is 0 Å². The minimum Gasteiger partial charge on any atom is -0.380 e. The zero-order valence-electron chi connectivity index (χ0n) is 15.0. The van der Waals surface area contributed by atoms with Crippen molar-refractivity contribution in [2.45, 2.75) is 44.8 Å². The number of likely N-dealkylation sites (tertiary alicyclic amines) is 2. The minimum atomic E-state index is 0.175. The molecule has 132 valence electrons. The average molecular weight is 330 g/mol. The third-order valence-corrected chi connectivity index (χ3v) is 5.71. The quantitative estimate of drug-likeness (QED) is 0.850. The van der Waals surface area contributed by atoms with E-state index in [0.29, 0.717) is 6.61 Å². The van der Waals surface area contributed by atoms with Gasteiger partial charge in [0.2, 0.25) is 0 Å². The maximum absolute atomic E-state index is 12.7. The van der Waals surface area contributed by atoms with Crippen molar-refractivity contribution in [2.24, 2.45) is 5.92 Å². The van der Waals surface area contributed by atoms with Crippen LogP contribution in [0.3, 0.4) is 0 Å². The molecule has 0 aliphatic carbocycles. The number of nitrogens with zero attached hydrogens (tertiary/aromatic N) is 2. The number of hydrogen-bond donors (Lipinski definition) is 0. The third-order valence-electron chi connectivity index (χ3n) is 5.71. The van der Waals surface area contributed by atoms with Gasteiger partial charge in [-0.15, -0.1) is 0 Å². The minimum absolute atomic E-state index is 0.175. The maximum Gasteiger partial charge on any atom is 0.253 e. The van der Waals surface area contributed by atoms with Crippen LogP contribution in [0.2, 0.25) is 0 Å². The van der Waals surface area contributed by atoms with E-state index in [4.69, 9.17) is 4.74 Å². The second-order valence-corrected chi connectivity index (χ2v) is 7.30.